The smallest absolute Gasteiger partial charge is 0.306 e. The average molecular weight is 262 g/mol. The molecule has 0 saturated heterocycles. The summed E-state index contributed by atoms with van der Waals surface area (Å²) in [5, 5.41) is 11.9. The third-order valence-electron chi connectivity index (χ3n) is 3.67. The normalized spacial score (nSPS) is 22.1. The van der Waals surface area contributed by atoms with Gasteiger partial charge in [-0.1, -0.05) is 6.42 Å². The van der Waals surface area contributed by atoms with Gasteiger partial charge in [0.2, 0.25) is 0 Å². The molecule has 0 bridgehead atoms. The summed E-state index contributed by atoms with van der Waals surface area (Å²) >= 11 is 0. The first-order valence-electron chi connectivity index (χ1n) is 6.44. The molecule has 2 unspecified atom stereocenters. The van der Waals surface area contributed by atoms with Crippen molar-refractivity contribution in [2.24, 2.45) is 11.8 Å². The summed E-state index contributed by atoms with van der Waals surface area (Å²) < 4.78 is 0. The minimum Gasteiger partial charge on any atom is -0.481 e. The van der Waals surface area contributed by atoms with Gasteiger partial charge in [-0.15, -0.1) is 0 Å². The quantitative estimate of drug-likeness (QED) is 0.717. The second-order valence-corrected chi connectivity index (χ2v) is 4.97. The minimum atomic E-state index is -0.760. The number of hydrogen-bond donors (Lipinski definition) is 3. The van der Waals surface area contributed by atoms with Gasteiger partial charge in [-0.3, -0.25) is 9.59 Å². The summed E-state index contributed by atoms with van der Waals surface area (Å²) in [6.07, 6.45) is 2.48. The van der Waals surface area contributed by atoms with Crippen molar-refractivity contribution in [3.63, 3.8) is 0 Å². The SMILES string of the molecule is Nc1ccc(C(=O)NCC2CCCC2C(=O)O)cc1. The molecule has 1 fully saturated rings. The van der Waals surface area contributed by atoms with Crippen LogP contribution in [0.25, 0.3) is 0 Å². The monoisotopic (exact) mass is 262 g/mol. The van der Waals surface area contributed by atoms with Crippen LogP contribution in [0.1, 0.15) is 29.6 Å². The molecule has 1 aliphatic carbocycles. The molecule has 19 heavy (non-hydrogen) atoms. The van der Waals surface area contributed by atoms with Gasteiger partial charge in [0.1, 0.15) is 0 Å². The van der Waals surface area contributed by atoms with Crippen LogP contribution in [0.4, 0.5) is 5.69 Å². The molecule has 0 heterocycles. The van der Waals surface area contributed by atoms with Crippen LogP contribution in [-0.4, -0.2) is 23.5 Å². The Bertz CT molecular complexity index is 470. The lowest BCUT2D eigenvalue weighted by Crippen LogP contribution is -2.33. The number of carbonyl (C=O) groups excluding carboxylic acids is 1. The molecule has 1 saturated carbocycles. The highest BCUT2D eigenvalue weighted by molar-refractivity contribution is 5.94. The molecule has 102 valence electrons. The third kappa shape index (κ3) is 3.24. The maximum Gasteiger partial charge on any atom is 0.306 e. The molecule has 0 aromatic heterocycles. The molecule has 1 aliphatic rings. The van der Waals surface area contributed by atoms with Crippen LogP contribution in [0, 0.1) is 11.8 Å². The molecule has 5 heteroatoms. The standard InChI is InChI=1S/C14H18N2O3/c15-11-6-4-9(5-7-11)13(17)16-8-10-2-1-3-12(10)14(18)19/h4-7,10,12H,1-3,8,15H2,(H,16,17)(H,18,19). The molecule has 1 aromatic carbocycles. The van der Waals surface area contributed by atoms with E-state index in [0.29, 0.717) is 24.2 Å². The van der Waals surface area contributed by atoms with Crippen LogP contribution >= 0.6 is 0 Å². The van der Waals surface area contributed by atoms with E-state index in [1.54, 1.807) is 24.3 Å². The number of nitrogens with one attached hydrogen (secondary N) is 1. The lowest BCUT2D eigenvalue weighted by atomic mass is 9.96. The molecule has 1 aromatic rings. The van der Waals surface area contributed by atoms with E-state index in [2.05, 4.69) is 5.32 Å². The Morgan fingerprint density at radius 2 is 1.95 bits per heavy atom. The minimum absolute atomic E-state index is 0.0373. The molecule has 1 amide bonds. The van der Waals surface area contributed by atoms with E-state index < -0.39 is 5.97 Å². The summed E-state index contributed by atoms with van der Waals surface area (Å²) in [4.78, 5) is 22.9. The molecule has 5 nitrogen and oxygen atoms in total. The highest BCUT2D eigenvalue weighted by Crippen LogP contribution is 2.31. The predicted octanol–water partition coefficient (Wildman–Crippen LogP) is 1.50. The maximum absolute atomic E-state index is 11.9. The van der Waals surface area contributed by atoms with Crippen LogP contribution in [0.5, 0.6) is 0 Å². The maximum atomic E-state index is 11.9. The number of carboxylic acid groups (broad SMARTS) is 1. The fraction of sp³-hybridized carbons (Fsp3) is 0.429. The van der Waals surface area contributed by atoms with Crippen molar-refractivity contribution in [1.29, 1.82) is 0 Å². The molecular weight excluding hydrogens is 244 g/mol. The van der Waals surface area contributed by atoms with Gasteiger partial charge < -0.3 is 16.2 Å². The second-order valence-electron chi connectivity index (χ2n) is 4.97. The first-order chi connectivity index (χ1) is 9.08. The Labute approximate surface area is 111 Å². The average Bonchev–Trinajstić information content (AvgIpc) is 2.85. The van der Waals surface area contributed by atoms with Crippen LogP contribution in [0.2, 0.25) is 0 Å². The topological polar surface area (TPSA) is 92.4 Å². The van der Waals surface area contributed by atoms with Crippen molar-refractivity contribution >= 4 is 17.6 Å². The molecule has 2 rings (SSSR count). The van der Waals surface area contributed by atoms with Gasteiger partial charge in [-0.05, 0) is 43.0 Å². The zero-order valence-corrected chi connectivity index (χ0v) is 10.6. The number of anilines is 1. The molecule has 0 aliphatic heterocycles. The van der Waals surface area contributed by atoms with Crippen molar-refractivity contribution in [2.45, 2.75) is 19.3 Å². The third-order valence-corrected chi connectivity index (χ3v) is 3.67. The zero-order chi connectivity index (χ0) is 13.8. The largest absolute Gasteiger partial charge is 0.481 e. The summed E-state index contributed by atoms with van der Waals surface area (Å²) in [6, 6.07) is 6.66. The van der Waals surface area contributed by atoms with Crippen LogP contribution in [0.3, 0.4) is 0 Å². The Balaban J connectivity index is 1.90. The second kappa shape index (κ2) is 5.73. The van der Waals surface area contributed by atoms with Gasteiger partial charge in [-0.2, -0.15) is 0 Å². The van der Waals surface area contributed by atoms with Crippen molar-refractivity contribution in [1.82, 2.24) is 5.32 Å². The van der Waals surface area contributed by atoms with E-state index in [1.807, 2.05) is 0 Å². The molecule has 2 atom stereocenters. The zero-order valence-electron chi connectivity index (χ0n) is 10.6. The number of rotatable bonds is 4. The number of carbonyl (C=O) groups is 2. The van der Waals surface area contributed by atoms with E-state index in [1.165, 1.54) is 0 Å². The molecule has 0 spiro atoms. The van der Waals surface area contributed by atoms with Gasteiger partial charge in [0.25, 0.3) is 5.91 Å². The number of nitrogen functional groups attached to an aromatic ring is 1. The van der Waals surface area contributed by atoms with Gasteiger partial charge in [-0.25, -0.2) is 0 Å². The summed E-state index contributed by atoms with van der Waals surface area (Å²) in [6.45, 7) is 0.417. The van der Waals surface area contributed by atoms with E-state index in [0.717, 1.165) is 12.8 Å². The Kier molecular flexibility index (Phi) is 4.04. The summed E-state index contributed by atoms with van der Waals surface area (Å²) in [7, 11) is 0. The van der Waals surface area contributed by atoms with Gasteiger partial charge in [0, 0.05) is 17.8 Å². The molecule has 4 N–H and O–H groups in total. The lowest BCUT2D eigenvalue weighted by molar-refractivity contribution is -0.142. The van der Waals surface area contributed by atoms with E-state index >= 15 is 0 Å². The number of nitrogens with two attached hydrogens (primary N) is 1. The molecular formula is C14H18N2O3. The number of carboxylic acids is 1. The Morgan fingerprint density at radius 3 is 2.58 bits per heavy atom. The Morgan fingerprint density at radius 1 is 1.26 bits per heavy atom. The van der Waals surface area contributed by atoms with E-state index in [-0.39, 0.29) is 17.7 Å². The van der Waals surface area contributed by atoms with Crippen LogP contribution < -0.4 is 11.1 Å². The predicted molar refractivity (Wildman–Crippen MR) is 71.7 cm³/mol. The first-order valence-corrected chi connectivity index (χ1v) is 6.44. The van der Waals surface area contributed by atoms with Crippen molar-refractivity contribution in [3.8, 4) is 0 Å². The van der Waals surface area contributed by atoms with Crippen LogP contribution in [0.15, 0.2) is 24.3 Å². The Hall–Kier alpha value is -2.04. The number of amides is 1. The summed E-state index contributed by atoms with van der Waals surface area (Å²) in [5.41, 5.74) is 6.71. The van der Waals surface area contributed by atoms with E-state index in [4.69, 9.17) is 10.8 Å². The number of hydrogen-bond acceptors (Lipinski definition) is 3. The number of benzene rings is 1. The van der Waals surface area contributed by atoms with Crippen molar-refractivity contribution in [2.75, 3.05) is 12.3 Å². The number of aliphatic carboxylic acids is 1. The summed E-state index contributed by atoms with van der Waals surface area (Å²) in [5.74, 6) is -1.23. The van der Waals surface area contributed by atoms with Crippen molar-refractivity contribution in [3.05, 3.63) is 29.8 Å². The van der Waals surface area contributed by atoms with Crippen LogP contribution in [-0.2, 0) is 4.79 Å². The van der Waals surface area contributed by atoms with Gasteiger partial charge in [0.15, 0.2) is 0 Å². The van der Waals surface area contributed by atoms with Gasteiger partial charge in [0.05, 0.1) is 5.92 Å². The van der Waals surface area contributed by atoms with Gasteiger partial charge >= 0.3 is 5.97 Å². The highest BCUT2D eigenvalue weighted by Gasteiger charge is 2.32. The lowest BCUT2D eigenvalue weighted by Gasteiger charge is -2.16. The highest BCUT2D eigenvalue weighted by atomic mass is 16.4. The fourth-order valence-electron chi connectivity index (χ4n) is 2.57. The molecule has 0 radical (unpaired) electrons. The van der Waals surface area contributed by atoms with Crippen molar-refractivity contribution < 1.29 is 14.7 Å². The first kappa shape index (κ1) is 13.4. The van der Waals surface area contributed by atoms with E-state index in [9.17, 15) is 9.59 Å². The fourth-order valence-corrected chi connectivity index (χ4v) is 2.57.